The van der Waals surface area contributed by atoms with Gasteiger partial charge >= 0.3 is 11.9 Å². The van der Waals surface area contributed by atoms with Crippen molar-refractivity contribution in [2.24, 2.45) is 0 Å². The number of phenolic OH excluding ortho intramolecular Hbond substituents is 2. The Balaban J connectivity index is 1.52. The number of ketones is 1. The van der Waals surface area contributed by atoms with Crippen molar-refractivity contribution in [3.63, 3.8) is 0 Å². The van der Waals surface area contributed by atoms with Gasteiger partial charge in [0.25, 0.3) is 0 Å². The number of aliphatic hydroxyl groups excluding tert-OH is 4. The van der Waals surface area contributed by atoms with Crippen LogP contribution in [0, 0.1) is 0 Å². The van der Waals surface area contributed by atoms with E-state index in [1.807, 2.05) is 13.8 Å². The highest BCUT2D eigenvalue weighted by Crippen LogP contribution is 2.47. The molecule has 0 radical (unpaired) electrons. The molecule has 3 aliphatic rings. The minimum atomic E-state index is -1.95. The van der Waals surface area contributed by atoms with Gasteiger partial charge in [0, 0.05) is 25.5 Å². The summed E-state index contributed by atoms with van der Waals surface area (Å²) < 4.78 is 45.4. The van der Waals surface area contributed by atoms with Crippen LogP contribution in [0.5, 0.6) is 23.0 Å². The van der Waals surface area contributed by atoms with Gasteiger partial charge in [0.05, 0.1) is 13.2 Å². The number of ether oxygens (including phenoxy) is 8. The molecule has 2 aromatic carbocycles. The van der Waals surface area contributed by atoms with E-state index in [0.29, 0.717) is 11.3 Å². The van der Waals surface area contributed by atoms with Gasteiger partial charge < -0.3 is 68.5 Å². The molecule has 0 saturated carbocycles. The molecule has 53 heavy (non-hydrogen) atoms. The third-order valence-corrected chi connectivity index (χ3v) is 8.96. The predicted molar refractivity (Wildman–Crippen MR) is 178 cm³/mol. The number of aliphatic hydroxyl groups is 4. The van der Waals surface area contributed by atoms with Crippen LogP contribution in [0.25, 0.3) is 0 Å². The third-order valence-electron chi connectivity index (χ3n) is 8.96. The van der Waals surface area contributed by atoms with Crippen LogP contribution >= 0.6 is 0 Å². The largest absolute Gasteiger partial charge is 0.507 e. The van der Waals surface area contributed by atoms with Crippen molar-refractivity contribution in [2.75, 3.05) is 7.11 Å². The van der Waals surface area contributed by atoms with E-state index in [9.17, 15) is 45.0 Å². The van der Waals surface area contributed by atoms with E-state index in [2.05, 4.69) is 0 Å². The second-order valence-corrected chi connectivity index (χ2v) is 13.1. The molecule has 290 valence electrons. The number of carbonyl (C=O) groups is 3. The van der Waals surface area contributed by atoms with Gasteiger partial charge in [-0.05, 0) is 44.9 Å². The lowest BCUT2D eigenvalue weighted by atomic mass is 9.89. The molecule has 3 heterocycles. The molecule has 0 spiro atoms. The zero-order chi connectivity index (χ0) is 38.9. The maximum Gasteiger partial charge on any atom is 0.305 e. The second-order valence-electron chi connectivity index (χ2n) is 13.1. The number of phenols is 2. The molecule has 0 amide bonds. The number of hydrogen-bond acceptors (Lipinski definition) is 17. The number of methoxy groups -OCH3 is 1. The molecule has 17 heteroatoms. The first kappa shape index (κ1) is 39.9. The first-order valence-electron chi connectivity index (χ1n) is 16.8. The van der Waals surface area contributed by atoms with Gasteiger partial charge in [-0.25, -0.2) is 0 Å². The van der Waals surface area contributed by atoms with Crippen LogP contribution in [-0.4, -0.2) is 123 Å². The summed E-state index contributed by atoms with van der Waals surface area (Å²) in [6.07, 6.45) is -18.2. The zero-order valence-electron chi connectivity index (χ0n) is 29.8. The fourth-order valence-electron chi connectivity index (χ4n) is 6.28. The van der Waals surface area contributed by atoms with Crippen molar-refractivity contribution in [3.05, 3.63) is 58.7 Å². The van der Waals surface area contributed by atoms with Gasteiger partial charge in [-0.3, -0.25) is 14.4 Å². The number of rotatable bonds is 10. The van der Waals surface area contributed by atoms with Crippen molar-refractivity contribution in [1.29, 1.82) is 0 Å². The van der Waals surface area contributed by atoms with Crippen molar-refractivity contribution in [2.45, 2.75) is 115 Å². The highest BCUT2D eigenvalue weighted by molar-refractivity contribution is 6.06. The minimum absolute atomic E-state index is 0.0770. The summed E-state index contributed by atoms with van der Waals surface area (Å²) in [5.41, 5.74) is 1.26. The van der Waals surface area contributed by atoms with Crippen LogP contribution in [0.2, 0.25) is 0 Å². The number of hydrogen-bond donors (Lipinski definition) is 6. The van der Waals surface area contributed by atoms with E-state index in [0.717, 1.165) is 25.5 Å². The van der Waals surface area contributed by atoms with Crippen LogP contribution in [-0.2, 0) is 44.4 Å². The van der Waals surface area contributed by atoms with Crippen LogP contribution in [0.4, 0.5) is 0 Å². The Bertz CT molecular complexity index is 1690. The lowest BCUT2D eigenvalue weighted by molar-refractivity contribution is -0.379. The number of fused-ring (bicyclic) bond motifs is 1. The fraction of sp³-hybridized carbons (Fsp3) is 0.528. The van der Waals surface area contributed by atoms with E-state index in [1.54, 1.807) is 30.3 Å². The molecule has 6 N–H and O–H groups in total. The maximum absolute atomic E-state index is 14.4. The minimum Gasteiger partial charge on any atom is -0.507 e. The summed E-state index contributed by atoms with van der Waals surface area (Å²) in [6.45, 7) is 7.26. The molecule has 0 bridgehead atoms. The third kappa shape index (κ3) is 8.42. The topological polar surface area (TPSA) is 246 Å². The Labute approximate surface area is 304 Å². The molecule has 5 rings (SSSR count). The normalized spacial score (nSPS) is 32.5. The van der Waals surface area contributed by atoms with Gasteiger partial charge in [0.15, 0.2) is 30.9 Å². The molecule has 0 unspecified atom stereocenters. The quantitative estimate of drug-likeness (QED) is 0.147. The number of benzene rings is 2. The van der Waals surface area contributed by atoms with Gasteiger partial charge in [-0.1, -0.05) is 23.8 Å². The van der Waals surface area contributed by atoms with E-state index < -0.39 is 97.3 Å². The SMILES string of the molecule is COc1ccc([C@@H]2Oc3c(CC=C(C)C)c(O)cc(O)c3C(=O)[C@H]2O[C@@H]2O[C@@H](C)[C@H](OC(C)=O)[C@@H](O[C@@H]3O[C@H](OC(C)=O)[C@H](O)[C@H](O)[C@H]3O)[C@H]2O)cc1. The molecule has 0 aliphatic carbocycles. The first-order valence-corrected chi connectivity index (χ1v) is 16.8. The van der Waals surface area contributed by atoms with E-state index in [4.69, 9.17) is 37.9 Å². The lowest BCUT2D eigenvalue weighted by Crippen LogP contribution is -2.65. The standard InChI is InChI=1S/C36H44O17/c1-14(2)7-12-20-21(39)13-22(40)23-24(41)32(30(50-31(20)23)18-8-10-19(46-6)11-9-18)51-36-28(45)33(29(15(3)47-36)48-16(4)37)52-35-27(44)25(42)26(43)34(53-35)49-17(5)38/h7-11,13,15,25-30,32-36,39-40,42-45H,12H2,1-6H3/t15-,25-,26+,27+,28+,29-,30-,32+,33-,34-,35+,36-/m0/s1. The number of Topliss-reactive ketones (excluding diaryl/α,β-unsaturated/α-hetero) is 1. The summed E-state index contributed by atoms with van der Waals surface area (Å²) >= 11 is 0. The summed E-state index contributed by atoms with van der Waals surface area (Å²) in [5, 5.41) is 65.0. The molecule has 2 aromatic rings. The summed E-state index contributed by atoms with van der Waals surface area (Å²) in [4.78, 5) is 38.1. The van der Waals surface area contributed by atoms with Gasteiger partial charge in [0.2, 0.25) is 12.1 Å². The maximum atomic E-state index is 14.4. The molecular weight excluding hydrogens is 704 g/mol. The Morgan fingerprint density at radius 2 is 1.42 bits per heavy atom. The summed E-state index contributed by atoms with van der Waals surface area (Å²) in [7, 11) is 1.47. The highest BCUT2D eigenvalue weighted by atomic mass is 16.8. The monoisotopic (exact) mass is 748 g/mol. The average molecular weight is 749 g/mol. The molecule has 12 atom stereocenters. The molecule has 0 aromatic heterocycles. The Kier molecular flexibility index (Phi) is 12.3. The van der Waals surface area contributed by atoms with Crippen LogP contribution in [0.3, 0.4) is 0 Å². The zero-order valence-corrected chi connectivity index (χ0v) is 29.8. The average Bonchev–Trinajstić information content (AvgIpc) is 3.09. The molecule has 17 nitrogen and oxygen atoms in total. The van der Waals surface area contributed by atoms with Gasteiger partial charge in [-0.2, -0.15) is 0 Å². The van der Waals surface area contributed by atoms with E-state index in [-0.39, 0.29) is 29.0 Å². The summed E-state index contributed by atoms with van der Waals surface area (Å²) in [6, 6.07) is 7.48. The predicted octanol–water partition coefficient (Wildman–Crippen LogP) is 1.07. The Morgan fingerprint density at radius 3 is 2.02 bits per heavy atom. The van der Waals surface area contributed by atoms with Crippen LogP contribution in [0.15, 0.2) is 42.0 Å². The highest BCUT2D eigenvalue weighted by Gasteiger charge is 2.54. The second kappa shape index (κ2) is 16.4. The fourth-order valence-corrected chi connectivity index (χ4v) is 6.28. The van der Waals surface area contributed by atoms with Gasteiger partial charge in [-0.15, -0.1) is 0 Å². The van der Waals surface area contributed by atoms with Crippen LogP contribution < -0.4 is 9.47 Å². The molecule has 3 aliphatic heterocycles. The number of aromatic hydroxyl groups is 2. The molecular formula is C36H44O17. The van der Waals surface area contributed by atoms with Crippen molar-refractivity contribution >= 4 is 17.7 Å². The lowest BCUT2D eigenvalue weighted by Gasteiger charge is -2.47. The summed E-state index contributed by atoms with van der Waals surface area (Å²) in [5.74, 6) is -2.97. The van der Waals surface area contributed by atoms with Crippen molar-refractivity contribution in [1.82, 2.24) is 0 Å². The van der Waals surface area contributed by atoms with Crippen molar-refractivity contribution in [3.8, 4) is 23.0 Å². The Hall–Kier alpha value is -4.33. The number of allylic oxidation sites excluding steroid dienone is 2. The van der Waals surface area contributed by atoms with Crippen LogP contribution in [0.1, 0.15) is 62.2 Å². The van der Waals surface area contributed by atoms with E-state index >= 15 is 0 Å². The van der Waals surface area contributed by atoms with Crippen molar-refractivity contribution < 1.29 is 82.9 Å². The molecule has 2 fully saturated rings. The smallest absolute Gasteiger partial charge is 0.305 e. The number of esters is 2. The first-order chi connectivity index (χ1) is 25.0. The van der Waals surface area contributed by atoms with E-state index in [1.165, 1.54) is 14.0 Å². The van der Waals surface area contributed by atoms with Gasteiger partial charge in [0.1, 0.15) is 59.1 Å². The molecule has 2 saturated heterocycles. The Morgan fingerprint density at radius 1 is 0.792 bits per heavy atom. The number of carbonyl (C=O) groups excluding carboxylic acids is 3.